The molecule has 1 heterocycles. The minimum absolute atomic E-state index is 0.168. The quantitative estimate of drug-likeness (QED) is 0.296. The first-order chi connectivity index (χ1) is 17.1. The van der Waals surface area contributed by atoms with Gasteiger partial charge in [0, 0.05) is 23.4 Å². The van der Waals surface area contributed by atoms with Crippen molar-refractivity contribution in [2.75, 3.05) is 19.0 Å². The number of carbonyl (C=O) groups is 2. The number of rotatable bonds is 10. The van der Waals surface area contributed by atoms with Crippen LogP contribution in [-0.2, 0) is 11.2 Å². The Morgan fingerprint density at radius 3 is 2.46 bits per heavy atom. The fraction of sp³-hybridized carbons (Fsp3) is 0.154. The van der Waals surface area contributed by atoms with Crippen LogP contribution in [0.3, 0.4) is 0 Å². The molecule has 35 heavy (non-hydrogen) atoms. The molecule has 1 aromatic heterocycles. The molecule has 0 aliphatic heterocycles. The number of ether oxygens (including phenoxy) is 1. The van der Waals surface area contributed by atoms with Crippen LogP contribution in [0.2, 0.25) is 0 Å². The molecule has 1 unspecified atom stereocenters. The van der Waals surface area contributed by atoms with Crippen LogP contribution in [0.5, 0.6) is 5.75 Å². The van der Waals surface area contributed by atoms with Crippen molar-refractivity contribution in [2.24, 2.45) is 0 Å². The SMILES string of the molecule is COc1cccc(C(=O)NCCc2nnc(NC(=O)C(Sc3ccccc3)c3ccccc3)s2)c1. The zero-order chi connectivity index (χ0) is 24.5. The Morgan fingerprint density at radius 1 is 0.971 bits per heavy atom. The molecule has 0 aliphatic rings. The van der Waals surface area contributed by atoms with E-state index in [1.807, 2.05) is 60.7 Å². The summed E-state index contributed by atoms with van der Waals surface area (Å²) in [5, 5.41) is 14.8. The lowest BCUT2D eigenvalue weighted by atomic mass is 10.1. The second-order valence-corrected chi connectivity index (χ2v) is 9.69. The van der Waals surface area contributed by atoms with Crippen molar-refractivity contribution in [3.8, 4) is 5.75 Å². The standard InChI is InChI=1S/C26H24N4O3S2/c1-33-20-12-8-11-19(17-20)24(31)27-16-15-22-29-30-26(35-22)28-25(32)23(18-9-4-2-5-10-18)34-21-13-6-3-7-14-21/h2-14,17,23H,15-16H2,1H3,(H,27,31)(H,28,30,32). The van der Waals surface area contributed by atoms with E-state index in [0.717, 1.165) is 15.5 Å². The summed E-state index contributed by atoms with van der Waals surface area (Å²) in [5.41, 5.74) is 1.43. The lowest BCUT2D eigenvalue weighted by molar-refractivity contribution is -0.115. The van der Waals surface area contributed by atoms with Crippen molar-refractivity contribution in [3.63, 3.8) is 0 Å². The summed E-state index contributed by atoms with van der Waals surface area (Å²) >= 11 is 2.78. The largest absolute Gasteiger partial charge is 0.497 e. The van der Waals surface area contributed by atoms with Gasteiger partial charge in [-0.05, 0) is 35.9 Å². The molecule has 0 spiro atoms. The predicted octanol–water partition coefficient (Wildman–Crippen LogP) is 4.99. The highest BCUT2D eigenvalue weighted by Gasteiger charge is 2.23. The second kappa shape index (κ2) is 12.1. The van der Waals surface area contributed by atoms with Gasteiger partial charge in [0.15, 0.2) is 0 Å². The highest BCUT2D eigenvalue weighted by Crippen LogP contribution is 2.36. The molecular formula is C26H24N4O3S2. The van der Waals surface area contributed by atoms with Gasteiger partial charge in [-0.2, -0.15) is 0 Å². The molecule has 4 aromatic rings. The van der Waals surface area contributed by atoms with Crippen molar-refractivity contribution in [3.05, 3.63) is 101 Å². The first kappa shape index (κ1) is 24.4. The Kier molecular flexibility index (Phi) is 8.48. The molecule has 2 amide bonds. The van der Waals surface area contributed by atoms with Crippen LogP contribution >= 0.6 is 23.1 Å². The fourth-order valence-electron chi connectivity index (χ4n) is 3.26. The smallest absolute Gasteiger partial charge is 0.251 e. The van der Waals surface area contributed by atoms with E-state index in [2.05, 4.69) is 20.8 Å². The van der Waals surface area contributed by atoms with Gasteiger partial charge in [0.2, 0.25) is 11.0 Å². The van der Waals surface area contributed by atoms with Gasteiger partial charge in [0.05, 0.1) is 7.11 Å². The van der Waals surface area contributed by atoms with Crippen LogP contribution in [0, 0.1) is 0 Å². The Morgan fingerprint density at radius 2 is 1.71 bits per heavy atom. The molecule has 4 rings (SSSR count). The van der Waals surface area contributed by atoms with Crippen LogP contribution in [0.4, 0.5) is 5.13 Å². The van der Waals surface area contributed by atoms with E-state index in [4.69, 9.17) is 4.74 Å². The predicted molar refractivity (Wildman–Crippen MR) is 139 cm³/mol. The van der Waals surface area contributed by atoms with Crippen molar-refractivity contribution in [1.82, 2.24) is 15.5 Å². The Labute approximate surface area is 211 Å². The zero-order valence-electron chi connectivity index (χ0n) is 19.0. The number of aromatic nitrogens is 2. The molecule has 0 fully saturated rings. The van der Waals surface area contributed by atoms with Crippen LogP contribution in [-0.4, -0.2) is 35.7 Å². The van der Waals surface area contributed by atoms with E-state index in [-0.39, 0.29) is 11.8 Å². The average Bonchev–Trinajstić information content (AvgIpc) is 3.35. The number of anilines is 1. The molecule has 3 aromatic carbocycles. The van der Waals surface area contributed by atoms with Gasteiger partial charge in [-0.1, -0.05) is 65.9 Å². The number of amides is 2. The van der Waals surface area contributed by atoms with E-state index < -0.39 is 5.25 Å². The summed E-state index contributed by atoms with van der Waals surface area (Å²) in [6.07, 6.45) is 0.504. The van der Waals surface area contributed by atoms with Gasteiger partial charge in [0.25, 0.3) is 5.91 Å². The van der Waals surface area contributed by atoms with Gasteiger partial charge >= 0.3 is 0 Å². The van der Waals surface area contributed by atoms with Crippen molar-refractivity contribution in [1.29, 1.82) is 0 Å². The van der Waals surface area contributed by atoms with E-state index in [9.17, 15) is 9.59 Å². The van der Waals surface area contributed by atoms with Crippen molar-refractivity contribution < 1.29 is 14.3 Å². The summed E-state index contributed by atoms with van der Waals surface area (Å²) in [6.45, 7) is 0.398. The molecular weight excluding hydrogens is 480 g/mol. The number of thioether (sulfide) groups is 1. The molecule has 9 heteroatoms. The number of hydrogen-bond acceptors (Lipinski definition) is 7. The average molecular weight is 505 g/mol. The third-order valence-electron chi connectivity index (χ3n) is 4.99. The summed E-state index contributed by atoms with van der Waals surface area (Å²) in [4.78, 5) is 26.5. The number of nitrogens with one attached hydrogen (secondary N) is 2. The Bertz CT molecular complexity index is 1270. The van der Waals surface area contributed by atoms with Crippen LogP contribution in [0.1, 0.15) is 26.2 Å². The molecule has 178 valence electrons. The molecule has 0 saturated carbocycles. The van der Waals surface area contributed by atoms with Crippen molar-refractivity contribution >= 4 is 40.0 Å². The van der Waals surface area contributed by atoms with E-state index >= 15 is 0 Å². The first-order valence-corrected chi connectivity index (χ1v) is 12.6. The normalized spacial score (nSPS) is 11.5. The highest BCUT2D eigenvalue weighted by atomic mass is 32.2. The fourth-order valence-corrected chi connectivity index (χ4v) is 5.05. The third-order valence-corrected chi connectivity index (χ3v) is 7.16. The molecule has 0 radical (unpaired) electrons. The third kappa shape index (κ3) is 6.91. The first-order valence-electron chi connectivity index (χ1n) is 10.9. The molecule has 7 nitrogen and oxygen atoms in total. The molecule has 0 saturated heterocycles. The summed E-state index contributed by atoms with van der Waals surface area (Å²) in [7, 11) is 1.56. The number of nitrogens with zero attached hydrogens (tertiary/aromatic N) is 2. The number of hydrogen-bond donors (Lipinski definition) is 2. The maximum atomic E-state index is 13.2. The van der Waals surface area contributed by atoms with Gasteiger partial charge in [0.1, 0.15) is 16.0 Å². The van der Waals surface area contributed by atoms with E-state index in [1.165, 1.54) is 23.1 Å². The summed E-state index contributed by atoms with van der Waals surface area (Å²) in [5.74, 6) is 0.269. The number of carbonyl (C=O) groups excluding carboxylic acids is 2. The molecule has 1 atom stereocenters. The Hall–Kier alpha value is -3.69. The topological polar surface area (TPSA) is 93.2 Å². The number of benzene rings is 3. The van der Waals surface area contributed by atoms with Crippen LogP contribution < -0.4 is 15.4 Å². The van der Waals surface area contributed by atoms with Gasteiger partial charge < -0.3 is 10.1 Å². The van der Waals surface area contributed by atoms with Crippen molar-refractivity contribution in [2.45, 2.75) is 16.6 Å². The van der Waals surface area contributed by atoms with Crippen LogP contribution in [0.25, 0.3) is 0 Å². The van der Waals surface area contributed by atoms with Crippen LogP contribution in [0.15, 0.2) is 89.8 Å². The minimum atomic E-state index is -0.437. The summed E-state index contributed by atoms with van der Waals surface area (Å²) in [6, 6.07) is 26.4. The lowest BCUT2D eigenvalue weighted by Crippen LogP contribution is -2.25. The molecule has 0 aliphatic carbocycles. The van der Waals surface area contributed by atoms with Gasteiger partial charge in [-0.25, -0.2) is 0 Å². The van der Waals surface area contributed by atoms with Gasteiger partial charge in [-0.3, -0.25) is 14.9 Å². The van der Waals surface area contributed by atoms with E-state index in [1.54, 1.807) is 31.4 Å². The van der Waals surface area contributed by atoms with E-state index in [0.29, 0.717) is 29.4 Å². The lowest BCUT2D eigenvalue weighted by Gasteiger charge is -2.16. The van der Waals surface area contributed by atoms with Gasteiger partial charge in [-0.15, -0.1) is 22.0 Å². The molecule has 2 N–H and O–H groups in total. The highest BCUT2D eigenvalue weighted by molar-refractivity contribution is 8.00. The maximum absolute atomic E-state index is 13.2. The summed E-state index contributed by atoms with van der Waals surface area (Å²) < 4.78 is 5.16. The molecule has 0 bridgehead atoms. The second-order valence-electron chi connectivity index (χ2n) is 7.45. The minimum Gasteiger partial charge on any atom is -0.497 e. The monoisotopic (exact) mass is 504 g/mol. The maximum Gasteiger partial charge on any atom is 0.251 e. The zero-order valence-corrected chi connectivity index (χ0v) is 20.6. The number of methoxy groups -OCH3 is 1. The Balaban J connectivity index is 1.35.